The molecule has 0 aromatic heterocycles. The van der Waals surface area contributed by atoms with Gasteiger partial charge in [-0.05, 0) is 52.1 Å². The Hall–Kier alpha value is -0.0800. The largest absolute Gasteiger partial charge is 0.379 e. The molecule has 12 heavy (non-hydrogen) atoms. The van der Waals surface area contributed by atoms with Crippen LogP contribution in [0.4, 0.5) is 0 Å². The van der Waals surface area contributed by atoms with Crippen molar-refractivity contribution in [1.82, 2.24) is 5.32 Å². The van der Waals surface area contributed by atoms with Crippen molar-refractivity contribution in [3.05, 3.63) is 0 Å². The first-order valence-corrected chi connectivity index (χ1v) is 5.15. The van der Waals surface area contributed by atoms with Crippen LogP contribution in [0.2, 0.25) is 0 Å². The first kappa shape index (κ1) is 10.0. The number of rotatable bonds is 4. The fourth-order valence-corrected chi connectivity index (χ4v) is 1.94. The molecule has 1 N–H and O–H groups in total. The van der Waals surface area contributed by atoms with Gasteiger partial charge in [0, 0.05) is 6.61 Å². The zero-order valence-electron chi connectivity index (χ0n) is 8.31. The summed E-state index contributed by atoms with van der Waals surface area (Å²) in [4.78, 5) is 0. The Kier molecular flexibility index (Phi) is 4.62. The summed E-state index contributed by atoms with van der Waals surface area (Å²) in [6.45, 7) is 7.50. The zero-order valence-corrected chi connectivity index (χ0v) is 8.31. The van der Waals surface area contributed by atoms with Crippen LogP contribution in [0, 0.1) is 5.92 Å². The van der Waals surface area contributed by atoms with E-state index < -0.39 is 0 Å². The van der Waals surface area contributed by atoms with Gasteiger partial charge in [0.2, 0.25) is 0 Å². The van der Waals surface area contributed by atoms with Gasteiger partial charge in [0.25, 0.3) is 0 Å². The molecule has 0 aromatic carbocycles. The maximum atomic E-state index is 5.52. The third kappa shape index (κ3) is 3.55. The molecule has 1 rings (SSSR count). The normalized spacial score (nSPS) is 22.5. The molecule has 2 nitrogen and oxygen atoms in total. The van der Waals surface area contributed by atoms with Crippen LogP contribution in [-0.4, -0.2) is 25.8 Å². The summed E-state index contributed by atoms with van der Waals surface area (Å²) < 4.78 is 5.52. The Morgan fingerprint density at radius 2 is 2.08 bits per heavy atom. The molecule has 0 saturated carbocycles. The molecule has 0 radical (unpaired) electrons. The highest BCUT2D eigenvalue weighted by Gasteiger charge is 2.15. The Morgan fingerprint density at radius 1 is 1.42 bits per heavy atom. The van der Waals surface area contributed by atoms with Gasteiger partial charge < -0.3 is 10.1 Å². The Bertz CT molecular complexity index is 110. The predicted molar refractivity (Wildman–Crippen MR) is 51.3 cm³/mol. The van der Waals surface area contributed by atoms with Crippen LogP contribution in [0.15, 0.2) is 0 Å². The van der Waals surface area contributed by atoms with Crippen LogP contribution in [0.1, 0.15) is 33.1 Å². The van der Waals surface area contributed by atoms with Crippen molar-refractivity contribution in [2.24, 2.45) is 5.92 Å². The maximum absolute atomic E-state index is 5.52. The second-order valence-electron chi connectivity index (χ2n) is 3.70. The van der Waals surface area contributed by atoms with E-state index in [2.05, 4.69) is 19.2 Å². The monoisotopic (exact) mass is 171 g/mol. The molecule has 1 unspecified atom stereocenters. The molecule has 1 fully saturated rings. The summed E-state index contributed by atoms with van der Waals surface area (Å²) in [5.74, 6) is 0.896. The van der Waals surface area contributed by atoms with Gasteiger partial charge in [-0.15, -0.1) is 0 Å². The van der Waals surface area contributed by atoms with Crippen molar-refractivity contribution in [3.8, 4) is 0 Å². The minimum absolute atomic E-state index is 0.457. The molecule has 1 aliphatic heterocycles. The third-order valence-corrected chi connectivity index (χ3v) is 2.58. The van der Waals surface area contributed by atoms with E-state index >= 15 is 0 Å². The Balaban J connectivity index is 2.11. The summed E-state index contributed by atoms with van der Waals surface area (Å²) in [6, 6.07) is 0. The van der Waals surface area contributed by atoms with E-state index in [0.717, 1.165) is 12.5 Å². The first-order valence-electron chi connectivity index (χ1n) is 5.15. The van der Waals surface area contributed by atoms with Gasteiger partial charge >= 0.3 is 0 Å². The predicted octanol–water partition coefficient (Wildman–Crippen LogP) is 1.80. The topological polar surface area (TPSA) is 21.3 Å². The highest BCUT2D eigenvalue weighted by atomic mass is 16.5. The smallest absolute Gasteiger partial charge is 0.0549 e. The third-order valence-electron chi connectivity index (χ3n) is 2.58. The van der Waals surface area contributed by atoms with E-state index in [9.17, 15) is 0 Å². The molecule has 2 heteroatoms. The standard InChI is InChI=1S/C10H21NO/c1-3-12-9(2)8-10-4-6-11-7-5-10/h9-11H,3-8H2,1-2H3. The van der Waals surface area contributed by atoms with Gasteiger partial charge in [-0.3, -0.25) is 0 Å². The fourth-order valence-electron chi connectivity index (χ4n) is 1.94. The minimum atomic E-state index is 0.457. The van der Waals surface area contributed by atoms with Crippen LogP contribution < -0.4 is 5.32 Å². The molecule has 1 atom stereocenters. The minimum Gasteiger partial charge on any atom is -0.379 e. The van der Waals surface area contributed by atoms with Gasteiger partial charge in [-0.1, -0.05) is 0 Å². The SMILES string of the molecule is CCOC(C)CC1CCNCC1. The quantitative estimate of drug-likeness (QED) is 0.696. The van der Waals surface area contributed by atoms with E-state index in [1.807, 2.05) is 0 Å². The highest BCUT2D eigenvalue weighted by Crippen LogP contribution is 2.18. The molecule has 0 spiro atoms. The highest BCUT2D eigenvalue weighted by molar-refractivity contribution is 4.70. The van der Waals surface area contributed by atoms with Crippen molar-refractivity contribution in [2.75, 3.05) is 19.7 Å². The first-order chi connectivity index (χ1) is 5.83. The number of hydrogen-bond acceptors (Lipinski definition) is 2. The van der Waals surface area contributed by atoms with Gasteiger partial charge in [0.1, 0.15) is 0 Å². The van der Waals surface area contributed by atoms with Gasteiger partial charge in [-0.25, -0.2) is 0 Å². The van der Waals surface area contributed by atoms with Crippen LogP contribution in [0.3, 0.4) is 0 Å². The average Bonchev–Trinajstić information content (AvgIpc) is 2.06. The van der Waals surface area contributed by atoms with E-state index in [-0.39, 0.29) is 0 Å². The van der Waals surface area contributed by atoms with Gasteiger partial charge in [-0.2, -0.15) is 0 Å². The summed E-state index contributed by atoms with van der Waals surface area (Å²) in [6.07, 6.45) is 4.36. The number of piperidine rings is 1. The number of hydrogen-bond donors (Lipinski definition) is 1. The fraction of sp³-hybridized carbons (Fsp3) is 1.00. The molecule has 0 aliphatic carbocycles. The second kappa shape index (κ2) is 5.55. The number of ether oxygens (including phenoxy) is 1. The number of nitrogens with one attached hydrogen (secondary N) is 1. The van der Waals surface area contributed by atoms with Crippen molar-refractivity contribution >= 4 is 0 Å². The lowest BCUT2D eigenvalue weighted by Crippen LogP contribution is -2.29. The van der Waals surface area contributed by atoms with Crippen molar-refractivity contribution < 1.29 is 4.74 Å². The molecule has 1 heterocycles. The lowest BCUT2D eigenvalue weighted by molar-refractivity contribution is 0.0539. The molecule has 0 aromatic rings. The molecule has 1 saturated heterocycles. The van der Waals surface area contributed by atoms with Crippen LogP contribution in [0.5, 0.6) is 0 Å². The summed E-state index contributed by atoms with van der Waals surface area (Å²) in [7, 11) is 0. The van der Waals surface area contributed by atoms with Crippen LogP contribution in [0.25, 0.3) is 0 Å². The molecule has 0 bridgehead atoms. The lowest BCUT2D eigenvalue weighted by Gasteiger charge is -2.25. The zero-order chi connectivity index (χ0) is 8.81. The van der Waals surface area contributed by atoms with E-state index in [0.29, 0.717) is 6.10 Å². The summed E-state index contributed by atoms with van der Waals surface area (Å²) in [5, 5.41) is 3.38. The molecular weight excluding hydrogens is 150 g/mol. The molecule has 1 aliphatic rings. The van der Waals surface area contributed by atoms with E-state index in [4.69, 9.17) is 4.74 Å². The van der Waals surface area contributed by atoms with Crippen molar-refractivity contribution in [2.45, 2.75) is 39.2 Å². The van der Waals surface area contributed by atoms with Crippen LogP contribution >= 0.6 is 0 Å². The van der Waals surface area contributed by atoms with Crippen LogP contribution in [-0.2, 0) is 4.74 Å². The van der Waals surface area contributed by atoms with Crippen molar-refractivity contribution in [1.29, 1.82) is 0 Å². The van der Waals surface area contributed by atoms with E-state index in [1.54, 1.807) is 0 Å². The average molecular weight is 171 g/mol. The van der Waals surface area contributed by atoms with Gasteiger partial charge in [0.05, 0.1) is 6.10 Å². The summed E-state index contributed by atoms with van der Waals surface area (Å²) >= 11 is 0. The van der Waals surface area contributed by atoms with E-state index in [1.165, 1.54) is 32.4 Å². The molecule has 72 valence electrons. The summed E-state index contributed by atoms with van der Waals surface area (Å²) in [5.41, 5.74) is 0. The van der Waals surface area contributed by atoms with Crippen molar-refractivity contribution in [3.63, 3.8) is 0 Å². The molecule has 0 amide bonds. The Labute approximate surface area is 75.7 Å². The maximum Gasteiger partial charge on any atom is 0.0549 e. The van der Waals surface area contributed by atoms with Gasteiger partial charge in [0.15, 0.2) is 0 Å². The second-order valence-corrected chi connectivity index (χ2v) is 3.70. The lowest BCUT2D eigenvalue weighted by atomic mass is 9.92. The molecular formula is C10H21NO. The Morgan fingerprint density at radius 3 is 2.67 bits per heavy atom.